The third kappa shape index (κ3) is 5.96. The molecule has 2 aromatic rings. The van der Waals surface area contributed by atoms with Crippen LogP contribution in [0.25, 0.3) is 0 Å². The second kappa shape index (κ2) is 9.17. The van der Waals surface area contributed by atoms with Gasteiger partial charge in [-0.15, -0.1) is 0 Å². The Morgan fingerprint density at radius 2 is 1.60 bits per heavy atom. The van der Waals surface area contributed by atoms with Gasteiger partial charge in [0.2, 0.25) is 5.91 Å². The van der Waals surface area contributed by atoms with Crippen LogP contribution in [0.4, 0.5) is 30.2 Å². The predicted molar refractivity (Wildman–Crippen MR) is 109 cm³/mol. The Balaban J connectivity index is 1.48. The van der Waals surface area contributed by atoms with E-state index >= 15 is 0 Å². The van der Waals surface area contributed by atoms with Gasteiger partial charge in [0.25, 0.3) is 5.91 Å². The number of anilines is 3. The largest absolute Gasteiger partial charge is 0.416 e. The second-order valence-electron chi connectivity index (χ2n) is 7.27. The molecule has 3 N–H and O–H groups in total. The van der Waals surface area contributed by atoms with Gasteiger partial charge in [-0.3, -0.25) is 9.59 Å². The number of halogens is 3. The van der Waals surface area contributed by atoms with E-state index in [0.717, 1.165) is 11.0 Å². The van der Waals surface area contributed by atoms with Crippen molar-refractivity contribution in [3.8, 4) is 0 Å². The Morgan fingerprint density at radius 3 is 2.17 bits per heavy atom. The smallest absolute Gasteiger partial charge is 0.360 e. The topological polar surface area (TPSA) is 65.9 Å². The molecule has 0 spiro atoms. The van der Waals surface area contributed by atoms with Gasteiger partial charge in [-0.05, 0) is 42.5 Å². The van der Waals surface area contributed by atoms with Crippen LogP contribution < -0.4 is 20.4 Å². The number of rotatable bonds is 5. The number of nitrogens with zero attached hydrogens (tertiary/aromatic N) is 1. The molecule has 1 fully saturated rings. The minimum Gasteiger partial charge on any atom is -0.360 e. The molecule has 1 heterocycles. The highest BCUT2D eigenvalue weighted by molar-refractivity contribution is 5.92. The maximum atomic E-state index is 12.9. The molecule has 0 unspecified atom stereocenters. The molecular formula is C21H24F3N4O2+. The number of hydrogen-bond acceptors (Lipinski definition) is 3. The van der Waals surface area contributed by atoms with Crippen LogP contribution in [0.1, 0.15) is 12.5 Å². The lowest BCUT2D eigenvalue weighted by Gasteiger charge is -2.33. The molecule has 9 heteroatoms. The summed E-state index contributed by atoms with van der Waals surface area (Å²) >= 11 is 0. The van der Waals surface area contributed by atoms with Gasteiger partial charge >= 0.3 is 6.18 Å². The standard InChI is InChI=1S/C21H23F3N4O2/c1-15(29)25-17-5-7-18(8-6-17)26-20(30)14-27-9-11-28(12-10-27)19-4-2-3-16(13-19)21(22,23)24/h2-8,13H,9-12,14H2,1H3,(H,25,29)(H,26,30)/p+1. The van der Waals surface area contributed by atoms with Crippen LogP contribution in [0.5, 0.6) is 0 Å². The fraction of sp³-hybridized carbons (Fsp3) is 0.333. The lowest BCUT2D eigenvalue weighted by atomic mass is 10.1. The highest BCUT2D eigenvalue weighted by Crippen LogP contribution is 2.31. The van der Waals surface area contributed by atoms with Crippen molar-refractivity contribution in [3.05, 3.63) is 54.1 Å². The van der Waals surface area contributed by atoms with Crippen LogP contribution in [0.3, 0.4) is 0 Å². The molecule has 1 saturated heterocycles. The molecule has 0 bridgehead atoms. The Hall–Kier alpha value is -3.07. The van der Waals surface area contributed by atoms with Crippen LogP contribution in [0, 0.1) is 0 Å². The van der Waals surface area contributed by atoms with E-state index in [1.54, 1.807) is 30.3 Å². The lowest BCUT2D eigenvalue weighted by Crippen LogP contribution is -3.15. The zero-order chi connectivity index (χ0) is 21.7. The summed E-state index contributed by atoms with van der Waals surface area (Å²) in [5.74, 6) is -0.301. The first kappa shape index (κ1) is 21.6. The number of quaternary nitrogens is 1. The molecule has 1 aliphatic heterocycles. The zero-order valence-corrected chi connectivity index (χ0v) is 16.6. The van der Waals surface area contributed by atoms with E-state index in [9.17, 15) is 22.8 Å². The van der Waals surface area contributed by atoms with Crippen LogP contribution in [0.2, 0.25) is 0 Å². The van der Waals surface area contributed by atoms with Gasteiger partial charge < -0.3 is 20.4 Å². The molecule has 0 radical (unpaired) electrons. The van der Waals surface area contributed by atoms with Crippen molar-refractivity contribution in [2.45, 2.75) is 13.1 Å². The maximum Gasteiger partial charge on any atom is 0.416 e. The van der Waals surface area contributed by atoms with Crippen LogP contribution >= 0.6 is 0 Å². The number of carbonyl (C=O) groups is 2. The summed E-state index contributed by atoms with van der Waals surface area (Å²) in [5, 5.41) is 5.48. The van der Waals surface area contributed by atoms with Gasteiger partial charge in [0, 0.05) is 24.0 Å². The quantitative estimate of drug-likeness (QED) is 0.692. The van der Waals surface area contributed by atoms with Crippen LogP contribution in [-0.4, -0.2) is 44.5 Å². The van der Waals surface area contributed by atoms with Crippen molar-refractivity contribution in [1.82, 2.24) is 0 Å². The molecule has 3 rings (SSSR count). The van der Waals surface area contributed by atoms with Gasteiger partial charge in [0.05, 0.1) is 31.7 Å². The van der Waals surface area contributed by atoms with E-state index in [2.05, 4.69) is 10.6 Å². The average molecular weight is 421 g/mol. The Labute approximate surface area is 172 Å². The monoisotopic (exact) mass is 421 g/mol. The molecule has 2 amide bonds. The number of carbonyl (C=O) groups excluding carboxylic acids is 2. The minimum atomic E-state index is -4.36. The molecule has 0 atom stereocenters. The fourth-order valence-electron chi connectivity index (χ4n) is 3.41. The third-order valence-corrected chi connectivity index (χ3v) is 4.91. The highest BCUT2D eigenvalue weighted by atomic mass is 19.4. The molecule has 1 aliphatic rings. The summed E-state index contributed by atoms with van der Waals surface area (Å²) in [6, 6.07) is 12.2. The molecule has 0 saturated carbocycles. The Morgan fingerprint density at radius 1 is 1.00 bits per heavy atom. The lowest BCUT2D eigenvalue weighted by molar-refractivity contribution is -0.892. The normalized spacial score (nSPS) is 15.0. The number of hydrogen-bond donors (Lipinski definition) is 3. The van der Waals surface area contributed by atoms with E-state index in [-0.39, 0.29) is 18.4 Å². The summed E-state index contributed by atoms with van der Waals surface area (Å²) < 4.78 is 38.7. The Kier molecular flexibility index (Phi) is 6.61. The van der Waals surface area contributed by atoms with Gasteiger partial charge in [-0.25, -0.2) is 0 Å². The first-order valence-electron chi connectivity index (χ1n) is 9.64. The Bertz CT molecular complexity index is 892. The number of alkyl halides is 3. The van der Waals surface area contributed by atoms with Crippen molar-refractivity contribution in [2.24, 2.45) is 0 Å². The minimum absolute atomic E-state index is 0.134. The highest BCUT2D eigenvalue weighted by Gasteiger charge is 2.31. The van der Waals surface area contributed by atoms with Crippen molar-refractivity contribution in [2.75, 3.05) is 48.3 Å². The molecule has 2 aromatic carbocycles. The molecule has 160 valence electrons. The first-order chi connectivity index (χ1) is 14.2. The third-order valence-electron chi connectivity index (χ3n) is 4.91. The van der Waals surface area contributed by atoms with E-state index < -0.39 is 11.7 Å². The summed E-state index contributed by atoms with van der Waals surface area (Å²) in [5.41, 5.74) is 1.18. The van der Waals surface area contributed by atoms with E-state index in [1.165, 1.54) is 19.1 Å². The summed E-state index contributed by atoms with van der Waals surface area (Å²) in [6.45, 7) is 4.18. The molecular weight excluding hydrogens is 397 g/mol. The van der Waals surface area contributed by atoms with Gasteiger partial charge in [0.15, 0.2) is 6.54 Å². The maximum absolute atomic E-state index is 12.9. The summed E-state index contributed by atoms with van der Waals surface area (Å²) in [6.07, 6.45) is -4.36. The number of amides is 2. The van der Waals surface area contributed by atoms with E-state index in [4.69, 9.17) is 0 Å². The van der Waals surface area contributed by atoms with E-state index in [0.29, 0.717) is 43.2 Å². The second-order valence-corrected chi connectivity index (χ2v) is 7.27. The average Bonchev–Trinajstić information content (AvgIpc) is 2.69. The van der Waals surface area contributed by atoms with Crippen molar-refractivity contribution in [1.29, 1.82) is 0 Å². The number of piperazine rings is 1. The van der Waals surface area contributed by atoms with E-state index in [1.807, 2.05) is 4.90 Å². The van der Waals surface area contributed by atoms with Crippen molar-refractivity contribution in [3.63, 3.8) is 0 Å². The summed E-state index contributed by atoms with van der Waals surface area (Å²) in [4.78, 5) is 26.3. The van der Waals surface area contributed by atoms with Crippen LogP contribution in [0.15, 0.2) is 48.5 Å². The van der Waals surface area contributed by atoms with Gasteiger partial charge in [-0.2, -0.15) is 13.2 Å². The summed E-state index contributed by atoms with van der Waals surface area (Å²) in [7, 11) is 0. The predicted octanol–water partition coefficient (Wildman–Crippen LogP) is 2.01. The first-order valence-corrected chi connectivity index (χ1v) is 9.64. The molecule has 0 aliphatic carbocycles. The SMILES string of the molecule is CC(=O)Nc1ccc(NC(=O)C[NH+]2CCN(c3cccc(C(F)(F)F)c3)CC2)cc1. The zero-order valence-electron chi connectivity index (χ0n) is 16.6. The van der Waals surface area contributed by atoms with Crippen molar-refractivity contribution >= 4 is 28.9 Å². The molecule has 30 heavy (non-hydrogen) atoms. The molecule has 6 nitrogen and oxygen atoms in total. The van der Waals surface area contributed by atoms with Crippen LogP contribution in [-0.2, 0) is 15.8 Å². The van der Waals surface area contributed by atoms with Crippen molar-refractivity contribution < 1.29 is 27.7 Å². The number of nitrogens with one attached hydrogen (secondary N) is 3. The van der Waals surface area contributed by atoms with Gasteiger partial charge in [0.1, 0.15) is 0 Å². The van der Waals surface area contributed by atoms with Gasteiger partial charge in [-0.1, -0.05) is 6.07 Å². The number of benzene rings is 2. The molecule has 0 aromatic heterocycles. The fourth-order valence-corrected chi connectivity index (χ4v) is 3.41.